The first kappa shape index (κ1) is 21.7. The summed E-state index contributed by atoms with van der Waals surface area (Å²) in [7, 11) is 0. The molecule has 168 valence electrons. The number of piperidine rings is 1. The van der Waals surface area contributed by atoms with Gasteiger partial charge in [-0.2, -0.15) is 0 Å². The van der Waals surface area contributed by atoms with E-state index >= 15 is 0 Å². The minimum Gasteiger partial charge on any atom is -0.442 e. The lowest BCUT2D eigenvalue weighted by Gasteiger charge is -2.27. The molecule has 3 aliphatic rings. The van der Waals surface area contributed by atoms with Gasteiger partial charge in [-0.1, -0.05) is 18.6 Å². The molecule has 4 N–H and O–H groups in total. The Kier molecular flexibility index (Phi) is 6.82. The van der Waals surface area contributed by atoms with Crippen molar-refractivity contribution < 1.29 is 13.9 Å². The molecule has 9 heteroatoms. The minimum absolute atomic E-state index is 0.00621. The van der Waals surface area contributed by atoms with Crippen LogP contribution in [-0.4, -0.2) is 61.2 Å². The molecule has 1 aromatic rings. The molecule has 1 aromatic carbocycles. The normalized spacial score (nSPS) is 26.5. The van der Waals surface area contributed by atoms with Crippen molar-refractivity contribution in [2.75, 3.05) is 31.1 Å². The number of amides is 1. The molecule has 0 aromatic heterocycles. The number of halogens is 1. The number of hydrogen-bond donors (Lipinski definition) is 3. The van der Waals surface area contributed by atoms with Gasteiger partial charge in [-0.3, -0.25) is 15.3 Å². The molecule has 3 atom stereocenters. The number of nitrogens with two attached hydrogens (primary N) is 1. The second-order valence-electron chi connectivity index (χ2n) is 8.54. The summed E-state index contributed by atoms with van der Waals surface area (Å²) < 4.78 is 19.8. The quantitative estimate of drug-likeness (QED) is 0.295. The van der Waals surface area contributed by atoms with Gasteiger partial charge in [0.1, 0.15) is 12.3 Å². The van der Waals surface area contributed by atoms with Gasteiger partial charge in [-0.15, -0.1) is 0 Å². The number of aliphatic imine (C=N–C) groups is 1. The number of rotatable bonds is 4. The number of nitrogens with zero attached hydrogens (tertiary/aromatic N) is 3. The van der Waals surface area contributed by atoms with E-state index in [1.165, 1.54) is 11.4 Å². The van der Waals surface area contributed by atoms with E-state index in [4.69, 9.17) is 16.0 Å². The molecule has 8 nitrogen and oxygen atoms in total. The minimum atomic E-state index is -0.940. The number of alkyl halides is 1. The topological polar surface area (TPSA) is 107 Å². The van der Waals surface area contributed by atoms with Gasteiger partial charge in [-0.05, 0) is 56.3 Å². The highest BCUT2D eigenvalue weighted by Crippen LogP contribution is 2.31. The van der Waals surface area contributed by atoms with Crippen LogP contribution in [0.1, 0.15) is 50.0 Å². The molecule has 2 unspecified atom stereocenters. The molecule has 0 radical (unpaired) electrons. The predicted octanol–water partition coefficient (Wildman–Crippen LogP) is 2.94. The van der Waals surface area contributed by atoms with E-state index in [0.29, 0.717) is 18.8 Å². The summed E-state index contributed by atoms with van der Waals surface area (Å²) in [6.07, 6.45) is 4.10. The smallest absolute Gasteiger partial charge is 0.414 e. The van der Waals surface area contributed by atoms with E-state index in [9.17, 15) is 9.18 Å². The van der Waals surface area contributed by atoms with E-state index in [0.717, 1.165) is 49.9 Å². The first-order valence-corrected chi connectivity index (χ1v) is 11.1. The van der Waals surface area contributed by atoms with Crippen LogP contribution in [0.25, 0.3) is 0 Å². The van der Waals surface area contributed by atoms with E-state index in [1.54, 1.807) is 4.90 Å². The summed E-state index contributed by atoms with van der Waals surface area (Å²) in [4.78, 5) is 18.4. The van der Waals surface area contributed by atoms with Gasteiger partial charge in [0.15, 0.2) is 0 Å². The Morgan fingerprint density at radius 2 is 2.16 bits per heavy atom. The van der Waals surface area contributed by atoms with Crippen molar-refractivity contribution in [2.24, 2.45) is 10.8 Å². The summed E-state index contributed by atoms with van der Waals surface area (Å²) in [5.74, 6) is 5.85. The third-order valence-corrected chi connectivity index (χ3v) is 6.26. The highest BCUT2D eigenvalue weighted by atomic mass is 19.1. The van der Waals surface area contributed by atoms with E-state index in [-0.39, 0.29) is 18.4 Å². The fourth-order valence-corrected chi connectivity index (χ4v) is 4.54. The van der Waals surface area contributed by atoms with Crippen molar-refractivity contribution in [2.45, 2.75) is 56.7 Å². The fourth-order valence-electron chi connectivity index (χ4n) is 4.54. The Hall–Kier alpha value is -2.52. The van der Waals surface area contributed by atoms with Gasteiger partial charge in [0.05, 0.1) is 13.1 Å². The molecule has 2 saturated heterocycles. The Morgan fingerprint density at radius 1 is 1.35 bits per heavy atom. The summed E-state index contributed by atoms with van der Waals surface area (Å²) in [6, 6.07) is 7.48. The number of hydrazine groups is 1. The molecular weight excluding hydrogens is 399 g/mol. The van der Waals surface area contributed by atoms with Crippen LogP contribution in [0.4, 0.5) is 14.9 Å². The molecule has 3 fully saturated rings. The second-order valence-corrected chi connectivity index (χ2v) is 8.54. The van der Waals surface area contributed by atoms with Gasteiger partial charge in [-0.25, -0.2) is 20.0 Å². The van der Waals surface area contributed by atoms with Crippen LogP contribution in [0.5, 0.6) is 0 Å². The van der Waals surface area contributed by atoms with Crippen molar-refractivity contribution in [3.8, 4) is 0 Å². The van der Waals surface area contributed by atoms with Gasteiger partial charge >= 0.3 is 6.09 Å². The molecule has 1 saturated carbocycles. The zero-order valence-corrected chi connectivity index (χ0v) is 17.7. The first-order valence-electron chi connectivity index (χ1n) is 11.1. The molecule has 1 aliphatic carbocycles. The number of carbonyl (C=O) groups excluding carboxylic acids is 1. The molecule has 2 heterocycles. The summed E-state index contributed by atoms with van der Waals surface area (Å²) in [5, 5.41) is 12.4. The molecule has 4 rings (SSSR count). The van der Waals surface area contributed by atoms with Crippen LogP contribution in [0, 0.1) is 5.41 Å². The molecular formula is C22H31FN6O2. The highest BCUT2D eigenvalue weighted by molar-refractivity contribution is 5.96. The number of cyclic esters (lactones) is 1. The lowest BCUT2D eigenvalue weighted by Crippen LogP contribution is -2.43. The van der Waals surface area contributed by atoms with Crippen LogP contribution >= 0.6 is 0 Å². The van der Waals surface area contributed by atoms with Crippen molar-refractivity contribution in [3.63, 3.8) is 0 Å². The zero-order chi connectivity index (χ0) is 21.8. The monoisotopic (exact) mass is 430 g/mol. The van der Waals surface area contributed by atoms with Gasteiger partial charge in [0.2, 0.25) is 5.96 Å². The standard InChI is InChI=1S/C22H31FN6O2/c23-20-12-26-10-9-19(20)15-5-4-8-17(11-15)28-13-18(31-22(28)30)14-29(25)21(24)27-16-6-2-1-3-7-16/h4-5,8,11,18-20,24,26H,1-3,6-7,9-10,12-14,25H2/t18-,19?,20?/m0/s1. The third-order valence-electron chi connectivity index (χ3n) is 6.26. The Morgan fingerprint density at radius 3 is 2.94 bits per heavy atom. The summed E-state index contributed by atoms with van der Waals surface area (Å²) in [5.41, 5.74) is 2.60. The maximum Gasteiger partial charge on any atom is 0.414 e. The molecule has 31 heavy (non-hydrogen) atoms. The van der Waals surface area contributed by atoms with E-state index < -0.39 is 18.4 Å². The van der Waals surface area contributed by atoms with Crippen LogP contribution in [0.2, 0.25) is 0 Å². The number of nitrogens with one attached hydrogen (secondary N) is 2. The first-order chi connectivity index (χ1) is 15.0. The second kappa shape index (κ2) is 9.74. The van der Waals surface area contributed by atoms with Crippen LogP contribution in [0.15, 0.2) is 29.3 Å². The van der Waals surface area contributed by atoms with Gasteiger partial charge in [0, 0.05) is 23.9 Å². The lowest BCUT2D eigenvalue weighted by molar-refractivity contribution is 0.126. The number of benzene rings is 1. The lowest BCUT2D eigenvalue weighted by atomic mass is 9.88. The Bertz CT molecular complexity index is 839. The number of anilines is 1. The van der Waals surface area contributed by atoms with Gasteiger partial charge < -0.3 is 10.1 Å². The Balaban J connectivity index is 1.38. The number of guanidine groups is 1. The van der Waals surface area contributed by atoms with Crippen molar-refractivity contribution >= 4 is 23.5 Å². The van der Waals surface area contributed by atoms with Crippen molar-refractivity contribution in [1.29, 1.82) is 5.41 Å². The van der Waals surface area contributed by atoms with Crippen molar-refractivity contribution in [1.82, 2.24) is 10.3 Å². The van der Waals surface area contributed by atoms with Crippen LogP contribution < -0.4 is 16.1 Å². The number of carbonyl (C=O) groups is 1. The van der Waals surface area contributed by atoms with Crippen molar-refractivity contribution in [3.05, 3.63) is 29.8 Å². The van der Waals surface area contributed by atoms with Crippen LogP contribution in [0.3, 0.4) is 0 Å². The molecule has 1 amide bonds. The SMILES string of the molecule is N=C(N=C1CCCCC1)N(N)C[C@@H]1CN(c2cccc(C3CCNCC3F)c2)C(=O)O1. The molecule has 2 aliphatic heterocycles. The number of hydrogen-bond acceptors (Lipinski definition) is 5. The van der Waals surface area contributed by atoms with Gasteiger partial charge in [0.25, 0.3) is 0 Å². The summed E-state index contributed by atoms with van der Waals surface area (Å²) in [6.45, 7) is 1.65. The predicted molar refractivity (Wildman–Crippen MR) is 118 cm³/mol. The van der Waals surface area contributed by atoms with Crippen LogP contribution in [-0.2, 0) is 4.74 Å². The fraction of sp³-hybridized carbons (Fsp3) is 0.591. The Labute approximate surface area is 182 Å². The van der Waals surface area contributed by atoms with E-state index in [1.807, 2.05) is 24.3 Å². The average molecular weight is 431 g/mol. The summed E-state index contributed by atoms with van der Waals surface area (Å²) >= 11 is 0. The highest BCUT2D eigenvalue weighted by Gasteiger charge is 2.34. The number of ether oxygens (including phenoxy) is 1. The maximum atomic E-state index is 14.4. The molecule has 0 spiro atoms. The average Bonchev–Trinajstić information content (AvgIpc) is 3.14. The van der Waals surface area contributed by atoms with E-state index in [2.05, 4.69) is 10.3 Å². The zero-order valence-electron chi connectivity index (χ0n) is 17.7. The largest absolute Gasteiger partial charge is 0.442 e. The maximum absolute atomic E-state index is 14.4. The third kappa shape index (κ3) is 5.22. The molecule has 0 bridgehead atoms.